The van der Waals surface area contributed by atoms with Crippen LogP contribution in [0.4, 0.5) is 0 Å². The zero-order valence-electron chi connectivity index (χ0n) is 27.4. The van der Waals surface area contributed by atoms with Crippen molar-refractivity contribution in [3.63, 3.8) is 0 Å². The Morgan fingerprint density at radius 1 is 0.659 bits per heavy atom. The molecule has 0 saturated heterocycles. The first kappa shape index (κ1) is 34.6. The van der Waals surface area contributed by atoms with Gasteiger partial charge in [0.15, 0.2) is 0 Å². The third-order valence-corrected chi connectivity index (χ3v) is 16.8. The Morgan fingerprint density at radius 3 is 1.73 bits per heavy atom. The molecule has 226 valence electrons. The Kier molecular flexibility index (Phi) is 10.4. The molecule has 44 heavy (non-hydrogen) atoms. The van der Waals surface area contributed by atoms with E-state index in [9.17, 15) is 0 Å². The van der Waals surface area contributed by atoms with Gasteiger partial charge in [-0.25, -0.2) is 0 Å². The van der Waals surface area contributed by atoms with E-state index in [2.05, 4.69) is 152 Å². The van der Waals surface area contributed by atoms with E-state index in [4.69, 9.17) is 0 Å². The summed E-state index contributed by atoms with van der Waals surface area (Å²) in [4.78, 5) is 0. The van der Waals surface area contributed by atoms with Gasteiger partial charge in [0.1, 0.15) is 0 Å². The molecule has 0 heterocycles. The average molecular weight is 699 g/mol. The number of hydrogen-bond acceptors (Lipinski definition) is 0. The SMILES string of the molecule is Cc1ccc([C](c2ccc(C)cc2)=[Zr+2]([C]2=CC=CC2)[c]2c(C(C)(C)C)ccc3c2Cc2cc(C(C)(C)C)ccc2-3)cc1.[Cl-].[Cl-]. The van der Waals surface area contributed by atoms with E-state index in [1.54, 1.807) is 20.9 Å². The van der Waals surface area contributed by atoms with Crippen molar-refractivity contribution in [2.24, 2.45) is 0 Å². The van der Waals surface area contributed by atoms with Gasteiger partial charge in [-0.2, -0.15) is 0 Å². The smallest absolute Gasteiger partial charge is 1.00 e. The summed E-state index contributed by atoms with van der Waals surface area (Å²) in [7, 11) is 0. The molecular formula is C41H44Cl2Zr. The second kappa shape index (κ2) is 13.2. The second-order valence-corrected chi connectivity index (χ2v) is 20.2. The van der Waals surface area contributed by atoms with Gasteiger partial charge >= 0.3 is 263 Å². The molecule has 0 spiro atoms. The van der Waals surface area contributed by atoms with Crippen LogP contribution >= 0.6 is 0 Å². The fourth-order valence-corrected chi connectivity index (χ4v) is 15.6. The summed E-state index contributed by atoms with van der Waals surface area (Å²) < 4.78 is 5.00. The summed E-state index contributed by atoms with van der Waals surface area (Å²) >= 11 is -2.74. The zero-order chi connectivity index (χ0) is 29.8. The Labute approximate surface area is 285 Å². The molecule has 6 rings (SSSR count). The van der Waals surface area contributed by atoms with Crippen molar-refractivity contribution in [3.05, 3.63) is 145 Å². The number of halogens is 2. The molecule has 0 bridgehead atoms. The van der Waals surface area contributed by atoms with Crippen molar-refractivity contribution in [1.82, 2.24) is 0 Å². The molecule has 0 nitrogen and oxygen atoms in total. The first-order valence-corrected chi connectivity index (χ1v) is 19.2. The van der Waals surface area contributed by atoms with Crippen LogP contribution in [0.5, 0.6) is 0 Å². The Bertz CT molecular complexity index is 1720. The molecule has 0 N–H and O–H groups in total. The molecule has 0 aromatic heterocycles. The predicted molar refractivity (Wildman–Crippen MR) is 179 cm³/mol. The molecular weight excluding hydrogens is 655 g/mol. The minimum atomic E-state index is -2.74. The molecule has 0 aliphatic heterocycles. The third kappa shape index (κ3) is 6.63. The van der Waals surface area contributed by atoms with Gasteiger partial charge in [-0.3, -0.25) is 0 Å². The van der Waals surface area contributed by atoms with Crippen LogP contribution in [0.2, 0.25) is 0 Å². The molecule has 4 aromatic carbocycles. The summed E-state index contributed by atoms with van der Waals surface area (Å²) in [6.45, 7) is 18.6. The predicted octanol–water partition coefficient (Wildman–Crippen LogP) is 3.83. The van der Waals surface area contributed by atoms with E-state index in [-0.39, 0.29) is 35.6 Å². The molecule has 0 amide bonds. The third-order valence-electron chi connectivity index (χ3n) is 9.02. The van der Waals surface area contributed by atoms with Gasteiger partial charge in [-0.15, -0.1) is 0 Å². The maximum absolute atomic E-state index is 2.74. The van der Waals surface area contributed by atoms with E-state index in [1.165, 1.54) is 44.5 Å². The van der Waals surface area contributed by atoms with Gasteiger partial charge in [0, 0.05) is 0 Å². The Balaban J connectivity index is 0.00000221. The van der Waals surface area contributed by atoms with Crippen molar-refractivity contribution in [2.45, 2.75) is 79.1 Å². The maximum atomic E-state index is 2.50. The molecule has 3 heteroatoms. The van der Waals surface area contributed by atoms with Crippen LogP contribution in [0.25, 0.3) is 11.1 Å². The quantitative estimate of drug-likeness (QED) is 0.268. The number of hydrogen-bond donors (Lipinski definition) is 0. The normalized spacial score (nSPS) is 13.2. The monoisotopic (exact) mass is 696 g/mol. The molecule has 2 aliphatic carbocycles. The van der Waals surface area contributed by atoms with Crippen LogP contribution in [0.15, 0.2) is 100 Å². The average Bonchev–Trinajstić information content (AvgIpc) is 3.59. The minimum Gasteiger partial charge on any atom is -1.00 e. The van der Waals surface area contributed by atoms with Crippen LogP contribution in [0.3, 0.4) is 0 Å². The molecule has 0 radical (unpaired) electrons. The molecule has 4 aromatic rings. The van der Waals surface area contributed by atoms with Gasteiger partial charge in [-0.05, 0) is 0 Å². The first-order valence-electron chi connectivity index (χ1n) is 15.5. The van der Waals surface area contributed by atoms with Crippen molar-refractivity contribution in [1.29, 1.82) is 0 Å². The van der Waals surface area contributed by atoms with E-state index in [0.717, 1.165) is 12.8 Å². The van der Waals surface area contributed by atoms with E-state index >= 15 is 0 Å². The van der Waals surface area contributed by atoms with Crippen LogP contribution in [-0.2, 0) is 38.5 Å². The largest absolute Gasteiger partial charge is 1.00 e. The van der Waals surface area contributed by atoms with Crippen LogP contribution in [-0.4, -0.2) is 3.21 Å². The van der Waals surface area contributed by atoms with Gasteiger partial charge in [0.2, 0.25) is 0 Å². The van der Waals surface area contributed by atoms with Gasteiger partial charge in [-0.1, -0.05) is 0 Å². The van der Waals surface area contributed by atoms with Crippen molar-refractivity contribution in [3.8, 4) is 11.1 Å². The van der Waals surface area contributed by atoms with E-state index in [1.807, 2.05) is 0 Å². The minimum absolute atomic E-state index is 0. The number of rotatable bonds is 4. The molecule has 0 fully saturated rings. The van der Waals surface area contributed by atoms with Gasteiger partial charge in [0.05, 0.1) is 0 Å². The molecule has 0 unspecified atom stereocenters. The maximum Gasteiger partial charge on any atom is -1.00 e. The Morgan fingerprint density at radius 2 is 1.23 bits per heavy atom. The standard InChI is InChI=1S/C21H25.C15H14.C5H5.2ClH.Zr/c1-20(2,3)16-7-9-18-14(12-16)11-15-13-17(21(4,5)6)8-10-19(15)18;1-12-3-7-14(8-4-12)11-15-9-5-13(2)6-10-15;1-2-4-5-3-1;;;/h7-10,12H,11H2,1-6H3;3-10H,1-2H3;1-3H,4H2;2*1H;/q;;;;;+2/p-2. The van der Waals surface area contributed by atoms with Gasteiger partial charge < -0.3 is 24.8 Å². The summed E-state index contributed by atoms with van der Waals surface area (Å²) in [5, 5.41) is 0. The summed E-state index contributed by atoms with van der Waals surface area (Å²) in [5.41, 5.74) is 14.6. The topological polar surface area (TPSA) is 0 Å². The summed E-state index contributed by atoms with van der Waals surface area (Å²) in [6, 6.07) is 31.0. The zero-order valence-corrected chi connectivity index (χ0v) is 31.4. The number of allylic oxidation sites excluding steroid dienone is 4. The van der Waals surface area contributed by atoms with Crippen LogP contribution in [0.1, 0.15) is 92.5 Å². The number of aryl methyl sites for hydroxylation is 2. The van der Waals surface area contributed by atoms with Crippen molar-refractivity contribution in [2.75, 3.05) is 0 Å². The fourth-order valence-electron chi connectivity index (χ4n) is 6.63. The van der Waals surface area contributed by atoms with Gasteiger partial charge in [0.25, 0.3) is 0 Å². The van der Waals surface area contributed by atoms with Crippen LogP contribution in [0, 0.1) is 13.8 Å². The fraction of sp³-hybridized carbons (Fsp3) is 0.293. The Hall–Kier alpha value is -2.31. The van der Waals surface area contributed by atoms with Crippen molar-refractivity contribution >= 4 is 6.48 Å². The van der Waals surface area contributed by atoms with E-state index in [0.29, 0.717) is 0 Å². The molecule has 0 atom stereocenters. The number of fused-ring (bicyclic) bond motifs is 3. The summed E-state index contributed by atoms with van der Waals surface area (Å²) in [6.07, 6.45) is 9.27. The number of benzene rings is 4. The second-order valence-electron chi connectivity index (χ2n) is 14.4. The molecule has 0 saturated carbocycles. The summed E-state index contributed by atoms with van der Waals surface area (Å²) in [5.74, 6) is 0. The molecule has 2 aliphatic rings. The van der Waals surface area contributed by atoms with E-state index < -0.39 is 21.3 Å². The van der Waals surface area contributed by atoms with Crippen LogP contribution < -0.4 is 28.1 Å². The first-order chi connectivity index (χ1) is 19.9. The van der Waals surface area contributed by atoms with Crippen molar-refractivity contribution < 1.29 is 46.1 Å².